The van der Waals surface area contributed by atoms with Crippen molar-refractivity contribution in [3.63, 3.8) is 0 Å². The summed E-state index contributed by atoms with van der Waals surface area (Å²) in [6, 6.07) is 2.95. The van der Waals surface area contributed by atoms with Gasteiger partial charge in [-0.05, 0) is 12.1 Å². The van der Waals surface area contributed by atoms with Crippen molar-refractivity contribution < 1.29 is 28.6 Å². The molecule has 0 aliphatic heterocycles. The second-order valence-corrected chi connectivity index (χ2v) is 3.85. The van der Waals surface area contributed by atoms with E-state index in [1.54, 1.807) is 0 Å². The number of phosphoric acid groups is 1. The molecule has 0 aliphatic carbocycles. The number of phosphoric ester groups is 1. The summed E-state index contributed by atoms with van der Waals surface area (Å²) < 4.78 is 14.6. The molecule has 0 aromatic heterocycles. The molecule has 16 heavy (non-hydrogen) atoms. The molecular formula is C7H6NO7P. The van der Waals surface area contributed by atoms with Crippen molar-refractivity contribution >= 4 is 19.8 Å². The fourth-order valence-corrected chi connectivity index (χ4v) is 1.37. The quantitative estimate of drug-likeness (QED) is 0.349. The third-order valence-corrected chi connectivity index (χ3v) is 1.97. The third-order valence-electron chi connectivity index (χ3n) is 1.53. The molecule has 0 fully saturated rings. The van der Waals surface area contributed by atoms with E-state index in [1.165, 1.54) is 0 Å². The van der Waals surface area contributed by atoms with Crippen LogP contribution < -0.4 is 4.52 Å². The first-order chi connectivity index (χ1) is 7.33. The topological polar surface area (TPSA) is 127 Å². The smallest absolute Gasteiger partial charge is 0.397 e. The maximum atomic E-state index is 10.5. The minimum Gasteiger partial charge on any atom is -0.397 e. The van der Waals surface area contributed by atoms with Gasteiger partial charge in [-0.25, -0.2) is 4.57 Å². The Balaban J connectivity index is 3.23. The minimum absolute atomic E-state index is 0.00441. The van der Waals surface area contributed by atoms with E-state index in [2.05, 4.69) is 4.52 Å². The first-order valence-electron chi connectivity index (χ1n) is 3.82. The van der Waals surface area contributed by atoms with Crippen LogP contribution in [-0.2, 0) is 4.57 Å². The number of nitro benzene ring substituents is 1. The minimum atomic E-state index is -4.87. The molecule has 8 nitrogen and oxygen atoms in total. The van der Waals surface area contributed by atoms with Crippen molar-refractivity contribution in [2.45, 2.75) is 0 Å². The van der Waals surface area contributed by atoms with Crippen LogP contribution in [0.15, 0.2) is 18.2 Å². The SMILES string of the molecule is O=Cc1ccc(OP(=O)(O)O)c([N+](=O)[O-])c1. The van der Waals surface area contributed by atoms with Crippen LogP contribution in [0.5, 0.6) is 5.75 Å². The number of nitro groups is 1. The number of carbonyl (C=O) groups is 1. The second-order valence-electron chi connectivity index (χ2n) is 2.68. The maximum Gasteiger partial charge on any atom is 0.525 e. The van der Waals surface area contributed by atoms with Gasteiger partial charge in [0.2, 0.25) is 5.75 Å². The molecule has 9 heteroatoms. The lowest BCUT2D eigenvalue weighted by molar-refractivity contribution is -0.385. The molecule has 0 bridgehead atoms. The van der Waals surface area contributed by atoms with E-state index in [9.17, 15) is 19.5 Å². The average molecular weight is 247 g/mol. The zero-order chi connectivity index (χ0) is 12.3. The van der Waals surface area contributed by atoms with Crippen LogP contribution in [-0.4, -0.2) is 21.0 Å². The molecule has 0 spiro atoms. The van der Waals surface area contributed by atoms with Crippen molar-refractivity contribution in [1.82, 2.24) is 0 Å². The van der Waals surface area contributed by atoms with Gasteiger partial charge in [-0.1, -0.05) is 0 Å². The van der Waals surface area contributed by atoms with Gasteiger partial charge in [0.1, 0.15) is 6.29 Å². The van der Waals surface area contributed by atoms with Crippen LogP contribution in [0, 0.1) is 10.1 Å². The first kappa shape index (κ1) is 12.3. The van der Waals surface area contributed by atoms with E-state index < -0.39 is 24.2 Å². The Morgan fingerprint density at radius 3 is 2.50 bits per heavy atom. The molecule has 1 rings (SSSR count). The number of hydrogen-bond acceptors (Lipinski definition) is 5. The van der Waals surface area contributed by atoms with Gasteiger partial charge < -0.3 is 4.52 Å². The summed E-state index contributed by atoms with van der Waals surface area (Å²) >= 11 is 0. The zero-order valence-electron chi connectivity index (χ0n) is 7.64. The Morgan fingerprint density at radius 1 is 1.44 bits per heavy atom. The summed E-state index contributed by atoms with van der Waals surface area (Å²) in [5.41, 5.74) is -0.683. The van der Waals surface area contributed by atoms with Crippen LogP contribution in [0.2, 0.25) is 0 Å². The summed E-state index contributed by atoms with van der Waals surface area (Å²) in [7, 11) is -4.87. The third kappa shape index (κ3) is 3.13. The standard InChI is InChI=1S/C7H6NO7P/c9-4-5-1-2-7(15-16(12,13)14)6(3-5)8(10)11/h1-4H,(H2,12,13,14). The molecule has 0 radical (unpaired) electrons. The van der Waals surface area contributed by atoms with Gasteiger partial charge in [-0.3, -0.25) is 24.7 Å². The Labute approximate surface area is 88.9 Å². The van der Waals surface area contributed by atoms with E-state index in [-0.39, 0.29) is 5.56 Å². The van der Waals surface area contributed by atoms with E-state index in [0.717, 1.165) is 18.2 Å². The van der Waals surface area contributed by atoms with Gasteiger partial charge in [0.25, 0.3) is 0 Å². The maximum absolute atomic E-state index is 10.5. The number of rotatable bonds is 4. The lowest BCUT2D eigenvalue weighted by atomic mass is 10.2. The molecular weight excluding hydrogens is 241 g/mol. The Kier molecular flexibility index (Phi) is 3.38. The fraction of sp³-hybridized carbons (Fsp3) is 0. The fourth-order valence-electron chi connectivity index (χ4n) is 0.956. The van der Waals surface area contributed by atoms with Gasteiger partial charge in [0.15, 0.2) is 0 Å². The number of carbonyl (C=O) groups excluding carboxylic acids is 1. The van der Waals surface area contributed by atoms with Gasteiger partial charge in [-0.15, -0.1) is 0 Å². The second kappa shape index (κ2) is 4.40. The summed E-state index contributed by atoms with van der Waals surface area (Å²) in [5.74, 6) is -0.594. The monoisotopic (exact) mass is 247 g/mol. The molecule has 0 saturated heterocycles. The molecule has 0 saturated carbocycles. The van der Waals surface area contributed by atoms with Crippen molar-refractivity contribution in [3.8, 4) is 5.75 Å². The molecule has 0 aliphatic rings. The van der Waals surface area contributed by atoms with Crippen LogP contribution >= 0.6 is 7.82 Å². The lowest BCUT2D eigenvalue weighted by Gasteiger charge is -2.06. The van der Waals surface area contributed by atoms with Crippen LogP contribution in [0.4, 0.5) is 5.69 Å². The van der Waals surface area contributed by atoms with Crippen molar-refractivity contribution in [2.24, 2.45) is 0 Å². The molecule has 1 aromatic rings. The van der Waals surface area contributed by atoms with E-state index in [0.29, 0.717) is 6.29 Å². The van der Waals surface area contributed by atoms with E-state index in [1.807, 2.05) is 0 Å². The van der Waals surface area contributed by atoms with Crippen molar-refractivity contribution in [3.05, 3.63) is 33.9 Å². The molecule has 2 N–H and O–H groups in total. The van der Waals surface area contributed by atoms with Crippen molar-refractivity contribution in [1.29, 1.82) is 0 Å². The highest BCUT2D eigenvalue weighted by Gasteiger charge is 2.23. The molecule has 86 valence electrons. The number of benzene rings is 1. The average Bonchev–Trinajstić information content (AvgIpc) is 2.15. The first-order valence-corrected chi connectivity index (χ1v) is 5.35. The normalized spacial score (nSPS) is 10.9. The molecule has 0 unspecified atom stereocenters. The molecule has 1 aromatic carbocycles. The zero-order valence-corrected chi connectivity index (χ0v) is 8.53. The van der Waals surface area contributed by atoms with Crippen LogP contribution in [0.1, 0.15) is 10.4 Å². The van der Waals surface area contributed by atoms with Gasteiger partial charge in [0.05, 0.1) is 4.92 Å². The molecule has 0 amide bonds. The Hall–Kier alpha value is -1.76. The summed E-state index contributed by atoms with van der Waals surface area (Å²) in [6.07, 6.45) is 0.369. The highest BCUT2D eigenvalue weighted by molar-refractivity contribution is 7.46. The Morgan fingerprint density at radius 2 is 2.06 bits per heavy atom. The Bertz CT molecular complexity index is 480. The van der Waals surface area contributed by atoms with E-state index in [4.69, 9.17) is 9.79 Å². The number of nitrogens with zero attached hydrogens (tertiary/aromatic N) is 1. The van der Waals surface area contributed by atoms with Crippen LogP contribution in [0.25, 0.3) is 0 Å². The number of hydrogen-bond donors (Lipinski definition) is 2. The predicted molar refractivity (Wildman–Crippen MR) is 51.2 cm³/mol. The van der Waals surface area contributed by atoms with Crippen molar-refractivity contribution in [2.75, 3.05) is 0 Å². The highest BCUT2D eigenvalue weighted by Crippen LogP contribution is 2.41. The predicted octanol–water partition coefficient (Wildman–Crippen LogP) is 0.879. The lowest BCUT2D eigenvalue weighted by Crippen LogP contribution is -1.97. The summed E-state index contributed by atoms with van der Waals surface area (Å²) in [5, 5.41) is 10.5. The van der Waals surface area contributed by atoms with Crippen LogP contribution in [0.3, 0.4) is 0 Å². The summed E-state index contributed by atoms with van der Waals surface area (Å²) in [6.45, 7) is 0. The molecule has 0 atom stereocenters. The largest absolute Gasteiger partial charge is 0.525 e. The highest BCUT2D eigenvalue weighted by atomic mass is 31.2. The van der Waals surface area contributed by atoms with E-state index >= 15 is 0 Å². The number of aldehydes is 1. The summed E-state index contributed by atoms with van der Waals surface area (Å²) in [4.78, 5) is 37.0. The van der Waals surface area contributed by atoms with Gasteiger partial charge in [0, 0.05) is 11.6 Å². The van der Waals surface area contributed by atoms with Gasteiger partial charge >= 0.3 is 13.5 Å². The molecule has 0 heterocycles. The van der Waals surface area contributed by atoms with Gasteiger partial charge in [-0.2, -0.15) is 0 Å².